The number of rotatable bonds is 12. The van der Waals surface area contributed by atoms with Crippen LogP contribution < -0.4 is 5.32 Å². The van der Waals surface area contributed by atoms with Gasteiger partial charge in [-0.05, 0) is 105 Å². The van der Waals surface area contributed by atoms with Crippen LogP contribution in [0.25, 0.3) is 0 Å². The fourth-order valence-corrected chi connectivity index (χ4v) is 8.86. The van der Waals surface area contributed by atoms with Gasteiger partial charge in [-0.2, -0.15) is 0 Å². The maximum atomic E-state index is 3.55. The molecule has 3 fully saturated rings. The molecular weight excluding hydrogens is 398 g/mol. The summed E-state index contributed by atoms with van der Waals surface area (Å²) < 4.78 is 0. The highest BCUT2D eigenvalue weighted by Crippen LogP contribution is 2.52. The first kappa shape index (κ1) is 27.5. The molecule has 1 N–H and O–H groups in total. The third-order valence-electron chi connectivity index (χ3n) is 11.2. The average molecular weight is 460 g/mol. The molecule has 1 heteroatoms. The van der Waals surface area contributed by atoms with Crippen LogP contribution in [0.5, 0.6) is 0 Å². The van der Waals surface area contributed by atoms with Crippen molar-refractivity contribution in [3.05, 3.63) is 0 Å². The monoisotopic (exact) mass is 459 g/mol. The van der Waals surface area contributed by atoms with Crippen molar-refractivity contribution < 1.29 is 0 Å². The van der Waals surface area contributed by atoms with Crippen LogP contribution in [0.15, 0.2) is 0 Å². The van der Waals surface area contributed by atoms with Crippen LogP contribution in [0.1, 0.15) is 131 Å². The summed E-state index contributed by atoms with van der Waals surface area (Å²) in [6, 6.07) is 0. The summed E-state index contributed by atoms with van der Waals surface area (Å²) in [4.78, 5) is 0. The molecule has 0 spiro atoms. The smallest absolute Gasteiger partial charge is 0.00233 e. The number of hydrogen-bond donors (Lipinski definition) is 1. The Hall–Kier alpha value is -0.0400. The fourth-order valence-electron chi connectivity index (χ4n) is 8.86. The van der Waals surface area contributed by atoms with Gasteiger partial charge in [0, 0.05) is 0 Å². The van der Waals surface area contributed by atoms with Crippen molar-refractivity contribution in [3.8, 4) is 0 Å². The largest absolute Gasteiger partial charge is 0.319 e. The third-order valence-corrected chi connectivity index (χ3v) is 11.2. The Morgan fingerprint density at radius 1 is 0.848 bits per heavy atom. The number of nitrogens with one attached hydrogen (secondary N) is 1. The predicted octanol–water partition coefficient (Wildman–Crippen LogP) is 9.36. The second-order valence-corrected chi connectivity index (χ2v) is 13.4. The molecule has 0 aromatic heterocycles. The van der Waals surface area contributed by atoms with Gasteiger partial charge >= 0.3 is 0 Å². The van der Waals surface area contributed by atoms with Gasteiger partial charge in [0.15, 0.2) is 0 Å². The van der Waals surface area contributed by atoms with Gasteiger partial charge in [0.1, 0.15) is 0 Å². The number of hydrogen-bond acceptors (Lipinski definition) is 1. The standard InChI is InChI=1S/C32H61N/c1-7-23(3)13-14-26-15-17-28(18-16-26)31-20-27(22-33-6)21-32(31)30(8-2)25(5)19-29-12-10-9-11-24(29)4/h23-33H,7-22H2,1-6H3. The normalized spacial score (nSPS) is 38.2. The first-order valence-corrected chi connectivity index (χ1v) is 15.6. The summed E-state index contributed by atoms with van der Waals surface area (Å²) >= 11 is 0. The lowest BCUT2D eigenvalue weighted by Crippen LogP contribution is -2.32. The minimum atomic E-state index is 0.924. The van der Waals surface area contributed by atoms with Crippen molar-refractivity contribution in [3.63, 3.8) is 0 Å². The molecule has 0 aromatic carbocycles. The first-order valence-electron chi connectivity index (χ1n) is 15.6. The van der Waals surface area contributed by atoms with Gasteiger partial charge in [-0.3, -0.25) is 0 Å². The molecule has 1 nitrogen and oxygen atoms in total. The predicted molar refractivity (Wildman–Crippen MR) is 146 cm³/mol. The maximum Gasteiger partial charge on any atom is -0.00233 e. The summed E-state index contributed by atoms with van der Waals surface area (Å²) in [6.45, 7) is 13.8. The highest BCUT2D eigenvalue weighted by Gasteiger charge is 2.44. The molecule has 0 bridgehead atoms. The molecule has 3 saturated carbocycles. The highest BCUT2D eigenvalue weighted by atomic mass is 14.8. The van der Waals surface area contributed by atoms with E-state index in [0.717, 1.165) is 59.2 Å². The van der Waals surface area contributed by atoms with Crippen molar-refractivity contribution in [2.24, 2.45) is 59.2 Å². The van der Waals surface area contributed by atoms with E-state index in [2.05, 4.69) is 47.0 Å². The molecule has 0 radical (unpaired) electrons. The Morgan fingerprint density at radius 2 is 1.58 bits per heavy atom. The minimum absolute atomic E-state index is 0.924. The topological polar surface area (TPSA) is 12.0 Å². The zero-order chi connectivity index (χ0) is 23.8. The van der Waals surface area contributed by atoms with Crippen molar-refractivity contribution in [2.75, 3.05) is 13.6 Å². The third kappa shape index (κ3) is 7.72. The van der Waals surface area contributed by atoms with E-state index in [4.69, 9.17) is 0 Å². The molecule has 0 heterocycles. The minimum Gasteiger partial charge on any atom is -0.319 e. The first-order chi connectivity index (χ1) is 16.0. The van der Waals surface area contributed by atoms with Gasteiger partial charge in [-0.25, -0.2) is 0 Å². The van der Waals surface area contributed by atoms with Crippen LogP contribution in [0, 0.1) is 59.2 Å². The van der Waals surface area contributed by atoms with Crippen LogP contribution in [0.2, 0.25) is 0 Å². The Morgan fingerprint density at radius 3 is 2.21 bits per heavy atom. The molecule has 0 aromatic rings. The van der Waals surface area contributed by atoms with Gasteiger partial charge in [0.05, 0.1) is 0 Å². The Labute approximate surface area is 209 Å². The van der Waals surface area contributed by atoms with Crippen molar-refractivity contribution in [2.45, 2.75) is 131 Å². The summed E-state index contributed by atoms with van der Waals surface area (Å²) in [5.74, 6) is 9.84. The van der Waals surface area contributed by atoms with Crippen LogP contribution >= 0.6 is 0 Å². The van der Waals surface area contributed by atoms with Gasteiger partial charge in [0.2, 0.25) is 0 Å². The summed E-state index contributed by atoms with van der Waals surface area (Å²) in [5, 5.41) is 3.55. The maximum absolute atomic E-state index is 3.55. The second-order valence-electron chi connectivity index (χ2n) is 13.4. The van der Waals surface area contributed by atoms with Crippen molar-refractivity contribution in [1.82, 2.24) is 5.32 Å². The van der Waals surface area contributed by atoms with Gasteiger partial charge in [0.25, 0.3) is 0 Å². The molecule has 3 rings (SSSR count). The Kier molecular flexibility index (Phi) is 11.6. The lowest BCUT2D eigenvalue weighted by Gasteiger charge is -2.41. The van der Waals surface area contributed by atoms with Gasteiger partial charge in [-0.15, -0.1) is 0 Å². The zero-order valence-corrected chi connectivity index (χ0v) is 23.6. The van der Waals surface area contributed by atoms with Gasteiger partial charge < -0.3 is 5.32 Å². The lowest BCUT2D eigenvalue weighted by molar-refractivity contribution is 0.0907. The van der Waals surface area contributed by atoms with E-state index < -0.39 is 0 Å². The van der Waals surface area contributed by atoms with Crippen LogP contribution in [0.4, 0.5) is 0 Å². The van der Waals surface area contributed by atoms with Crippen LogP contribution in [0.3, 0.4) is 0 Å². The van der Waals surface area contributed by atoms with E-state index >= 15 is 0 Å². The molecule has 3 aliphatic rings. The van der Waals surface area contributed by atoms with E-state index in [1.807, 2.05) is 0 Å². The molecule has 8 atom stereocenters. The van der Waals surface area contributed by atoms with E-state index in [1.165, 1.54) is 90.0 Å². The summed E-state index contributed by atoms with van der Waals surface area (Å²) in [6.07, 6.45) is 22.5. The fraction of sp³-hybridized carbons (Fsp3) is 1.00. The highest BCUT2D eigenvalue weighted by molar-refractivity contribution is 4.94. The van der Waals surface area contributed by atoms with Crippen molar-refractivity contribution >= 4 is 0 Å². The lowest BCUT2D eigenvalue weighted by atomic mass is 9.65. The van der Waals surface area contributed by atoms with Crippen LogP contribution in [-0.4, -0.2) is 13.6 Å². The average Bonchev–Trinajstić information content (AvgIpc) is 3.23. The SMILES string of the molecule is CCC(C)CCC1CCC(C2CC(CNC)CC2C(CC)C(C)CC2CCCCC2C)CC1. The van der Waals surface area contributed by atoms with E-state index in [0.29, 0.717) is 0 Å². The molecule has 0 aliphatic heterocycles. The second kappa shape index (κ2) is 13.9. The molecule has 0 amide bonds. The molecule has 0 saturated heterocycles. The van der Waals surface area contributed by atoms with Gasteiger partial charge in [-0.1, -0.05) is 98.8 Å². The molecule has 33 heavy (non-hydrogen) atoms. The van der Waals surface area contributed by atoms with E-state index in [9.17, 15) is 0 Å². The Bertz CT molecular complexity index is 521. The summed E-state index contributed by atoms with van der Waals surface area (Å²) in [7, 11) is 2.18. The van der Waals surface area contributed by atoms with E-state index in [1.54, 1.807) is 12.8 Å². The molecule has 8 unspecified atom stereocenters. The zero-order valence-electron chi connectivity index (χ0n) is 23.6. The van der Waals surface area contributed by atoms with Crippen LogP contribution in [-0.2, 0) is 0 Å². The summed E-state index contributed by atoms with van der Waals surface area (Å²) in [5.41, 5.74) is 0. The molecule has 3 aliphatic carbocycles. The quantitative estimate of drug-likeness (QED) is 0.306. The molecule has 194 valence electrons. The van der Waals surface area contributed by atoms with Crippen molar-refractivity contribution in [1.29, 1.82) is 0 Å². The van der Waals surface area contributed by atoms with E-state index in [-0.39, 0.29) is 0 Å². The molecular formula is C32H61N. The Balaban J connectivity index is 1.60.